The molecule has 1 N–H and O–H groups in total. The van der Waals surface area contributed by atoms with E-state index >= 15 is 0 Å². The van der Waals surface area contributed by atoms with Gasteiger partial charge in [0.05, 0.1) is 6.61 Å². The molecule has 0 saturated carbocycles. The molecule has 0 fully saturated rings. The lowest BCUT2D eigenvalue weighted by Crippen LogP contribution is -2.30. The quantitative estimate of drug-likeness (QED) is 0.700. The molecule has 1 rings (SSSR count). The summed E-state index contributed by atoms with van der Waals surface area (Å²) in [4.78, 5) is 0. The minimum atomic E-state index is 0.668. The highest BCUT2D eigenvalue weighted by molar-refractivity contribution is 9.10. The van der Waals surface area contributed by atoms with E-state index in [-0.39, 0.29) is 0 Å². The molecule has 1 unspecified atom stereocenters. The van der Waals surface area contributed by atoms with Crippen molar-refractivity contribution in [3.05, 3.63) is 28.7 Å². The topological polar surface area (TPSA) is 21.3 Å². The molecule has 3 heteroatoms. The number of hydrogen-bond donors (Lipinski definition) is 1. The molecule has 0 aliphatic heterocycles. The number of halogens is 1. The molecule has 0 bridgehead atoms. The number of ether oxygens (including phenoxy) is 1. The summed E-state index contributed by atoms with van der Waals surface area (Å²) in [7, 11) is 0. The maximum Gasteiger partial charge on any atom is 0.120 e. The molecule has 0 saturated heterocycles. The van der Waals surface area contributed by atoms with Crippen molar-refractivity contribution in [3.63, 3.8) is 0 Å². The van der Waals surface area contributed by atoms with Gasteiger partial charge in [-0.25, -0.2) is 0 Å². The summed E-state index contributed by atoms with van der Waals surface area (Å²) >= 11 is 3.46. The van der Waals surface area contributed by atoms with E-state index in [2.05, 4.69) is 48.9 Å². The van der Waals surface area contributed by atoms with Crippen molar-refractivity contribution in [2.24, 2.45) is 17.8 Å². The Morgan fingerprint density at radius 3 is 2.50 bits per heavy atom. The van der Waals surface area contributed by atoms with E-state index in [0.717, 1.165) is 36.3 Å². The zero-order valence-corrected chi connectivity index (χ0v) is 14.7. The first-order valence-corrected chi connectivity index (χ1v) is 8.37. The fraction of sp³-hybridized carbons (Fsp3) is 0.647. The molecule has 1 aromatic rings. The first-order chi connectivity index (χ1) is 9.49. The average Bonchev–Trinajstić information content (AvgIpc) is 2.36. The van der Waals surface area contributed by atoms with Crippen LogP contribution >= 0.6 is 15.9 Å². The van der Waals surface area contributed by atoms with Crippen LogP contribution in [-0.2, 0) is 0 Å². The third kappa shape index (κ3) is 7.30. The highest BCUT2D eigenvalue weighted by Crippen LogP contribution is 2.19. The van der Waals surface area contributed by atoms with Crippen molar-refractivity contribution in [2.45, 2.75) is 34.1 Å². The first-order valence-electron chi connectivity index (χ1n) is 7.58. The molecule has 2 nitrogen and oxygen atoms in total. The van der Waals surface area contributed by atoms with Gasteiger partial charge in [0.1, 0.15) is 5.75 Å². The lowest BCUT2D eigenvalue weighted by Gasteiger charge is -2.22. The summed E-state index contributed by atoms with van der Waals surface area (Å²) < 4.78 is 6.90. The monoisotopic (exact) mass is 341 g/mol. The molecule has 20 heavy (non-hydrogen) atoms. The van der Waals surface area contributed by atoms with Gasteiger partial charge in [-0.2, -0.15) is 0 Å². The number of hydrogen-bond acceptors (Lipinski definition) is 2. The Hall–Kier alpha value is -0.540. The number of nitrogens with one attached hydrogen (secondary N) is 1. The van der Waals surface area contributed by atoms with Crippen molar-refractivity contribution in [1.29, 1.82) is 0 Å². The van der Waals surface area contributed by atoms with Crippen molar-refractivity contribution < 1.29 is 4.74 Å². The van der Waals surface area contributed by atoms with Crippen molar-refractivity contribution in [3.8, 4) is 5.75 Å². The van der Waals surface area contributed by atoms with Gasteiger partial charge >= 0.3 is 0 Å². The van der Waals surface area contributed by atoms with E-state index < -0.39 is 0 Å². The predicted octanol–water partition coefficient (Wildman–Crippen LogP) is 4.74. The molecule has 0 heterocycles. The molecule has 114 valence electrons. The van der Waals surface area contributed by atoms with Gasteiger partial charge in [0.2, 0.25) is 0 Å². The van der Waals surface area contributed by atoms with Gasteiger partial charge in [0, 0.05) is 4.47 Å². The number of benzene rings is 1. The second kappa shape index (κ2) is 9.41. The largest absolute Gasteiger partial charge is 0.494 e. The highest BCUT2D eigenvalue weighted by atomic mass is 79.9. The van der Waals surface area contributed by atoms with E-state index in [1.807, 2.05) is 24.3 Å². The van der Waals surface area contributed by atoms with Crippen molar-refractivity contribution >= 4 is 15.9 Å². The second-order valence-corrected chi connectivity index (χ2v) is 7.07. The SMILES string of the molecule is CC(C)CNCC(CCOc1cccc(Br)c1)C(C)C. The maximum atomic E-state index is 5.84. The van der Waals surface area contributed by atoms with E-state index in [9.17, 15) is 0 Å². The summed E-state index contributed by atoms with van der Waals surface area (Å²) in [6.45, 7) is 12.0. The minimum Gasteiger partial charge on any atom is -0.494 e. The summed E-state index contributed by atoms with van der Waals surface area (Å²) in [6.07, 6.45) is 1.09. The molecule has 1 aromatic carbocycles. The zero-order chi connectivity index (χ0) is 15.0. The molecule has 0 amide bonds. The minimum absolute atomic E-state index is 0.668. The predicted molar refractivity (Wildman–Crippen MR) is 90.3 cm³/mol. The lowest BCUT2D eigenvalue weighted by atomic mass is 9.92. The summed E-state index contributed by atoms with van der Waals surface area (Å²) in [6, 6.07) is 8.04. The first kappa shape index (κ1) is 17.5. The standard InChI is InChI=1S/C17H28BrNO/c1-13(2)11-19-12-15(14(3)4)8-9-20-17-7-5-6-16(18)10-17/h5-7,10,13-15,19H,8-9,11-12H2,1-4H3. The summed E-state index contributed by atoms with van der Waals surface area (Å²) in [5.41, 5.74) is 0. The van der Waals surface area contributed by atoms with E-state index in [4.69, 9.17) is 4.74 Å². The van der Waals surface area contributed by atoms with Crippen LogP contribution in [0.2, 0.25) is 0 Å². The Balaban J connectivity index is 2.31. The van der Waals surface area contributed by atoms with Crippen LogP contribution in [-0.4, -0.2) is 19.7 Å². The van der Waals surface area contributed by atoms with Gasteiger partial charge in [-0.05, 0) is 55.5 Å². The van der Waals surface area contributed by atoms with Crippen molar-refractivity contribution in [1.82, 2.24) is 5.32 Å². The van der Waals surface area contributed by atoms with Gasteiger partial charge in [-0.15, -0.1) is 0 Å². The Morgan fingerprint density at radius 1 is 1.15 bits per heavy atom. The maximum absolute atomic E-state index is 5.84. The zero-order valence-electron chi connectivity index (χ0n) is 13.2. The van der Waals surface area contributed by atoms with Gasteiger partial charge < -0.3 is 10.1 Å². The highest BCUT2D eigenvalue weighted by Gasteiger charge is 2.13. The van der Waals surface area contributed by atoms with E-state index in [1.54, 1.807) is 0 Å². The van der Waals surface area contributed by atoms with Crippen molar-refractivity contribution in [2.75, 3.05) is 19.7 Å². The van der Waals surface area contributed by atoms with Crippen LogP contribution in [0.3, 0.4) is 0 Å². The van der Waals surface area contributed by atoms with Crippen LogP contribution < -0.4 is 10.1 Å². The Morgan fingerprint density at radius 2 is 1.90 bits per heavy atom. The molecule has 0 aromatic heterocycles. The molecule has 0 radical (unpaired) electrons. The molecule has 0 spiro atoms. The Bertz CT molecular complexity index is 379. The van der Waals surface area contributed by atoms with Gasteiger partial charge in [0.15, 0.2) is 0 Å². The Kier molecular flexibility index (Phi) is 8.24. The fourth-order valence-corrected chi connectivity index (χ4v) is 2.49. The van der Waals surface area contributed by atoms with Gasteiger partial charge in [-0.1, -0.05) is 49.7 Å². The normalized spacial score (nSPS) is 12.9. The molecule has 1 atom stereocenters. The molecule has 0 aliphatic carbocycles. The third-order valence-electron chi connectivity index (χ3n) is 3.46. The Labute approximate surface area is 132 Å². The average molecular weight is 342 g/mol. The van der Waals surface area contributed by atoms with Crippen LogP contribution in [0.5, 0.6) is 5.75 Å². The van der Waals surface area contributed by atoms with Crippen LogP contribution in [0.15, 0.2) is 28.7 Å². The van der Waals surface area contributed by atoms with Crippen LogP contribution in [0.4, 0.5) is 0 Å². The van der Waals surface area contributed by atoms with Crippen LogP contribution in [0, 0.1) is 17.8 Å². The molecule has 0 aliphatic rings. The van der Waals surface area contributed by atoms with Gasteiger partial charge in [-0.3, -0.25) is 0 Å². The summed E-state index contributed by atoms with van der Waals surface area (Å²) in [5, 5.41) is 3.56. The lowest BCUT2D eigenvalue weighted by molar-refractivity contribution is 0.242. The third-order valence-corrected chi connectivity index (χ3v) is 3.95. The molecular weight excluding hydrogens is 314 g/mol. The van der Waals surface area contributed by atoms with Gasteiger partial charge in [0.25, 0.3) is 0 Å². The van der Waals surface area contributed by atoms with Crippen LogP contribution in [0.25, 0.3) is 0 Å². The fourth-order valence-electron chi connectivity index (χ4n) is 2.11. The van der Waals surface area contributed by atoms with E-state index in [0.29, 0.717) is 17.8 Å². The molecular formula is C17H28BrNO. The smallest absolute Gasteiger partial charge is 0.120 e. The second-order valence-electron chi connectivity index (χ2n) is 6.15. The van der Waals surface area contributed by atoms with E-state index in [1.165, 1.54) is 0 Å². The summed E-state index contributed by atoms with van der Waals surface area (Å²) in [5.74, 6) is 3.00. The number of rotatable bonds is 9. The van der Waals surface area contributed by atoms with Crippen LogP contribution in [0.1, 0.15) is 34.1 Å².